The molecule has 0 heterocycles. The minimum absolute atomic E-state index is 0.0215. The van der Waals surface area contributed by atoms with Crippen LogP contribution in [-0.4, -0.2) is 43.8 Å². The molecule has 0 aliphatic heterocycles. The Morgan fingerprint density at radius 2 is 1.52 bits per heavy atom. The Bertz CT molecular complexity index is 1650. The number of ether oxygens (including phenoxy) is 2. The summed E-state index contributed by atoms with van der Waals surface area (Å²) in [6.45, 7) is 16.1. The quantitative estimate of drug-likeness (QED) is 0.223. The minimum atomic E-state index is -0.264. The van der Waals surface area contributed by atoms with Gasteiger partial charge in [-0.3, -0.25) is 9.59 Å². The number of rotatable bonds is 9. The van der Waals surface area contributed by atoms with Gasteiger partial charge in [-0.15, -0.1) is 6.58 Å². The molecule has 5 fully saturated rings. The molecular formula is C47H68N2O5. The maximum Gasteiger partial charge on any atom is 0.251 e. The Hall–Kier alpha value is -3.32. The second kappa shape index (κ2) is 16.0. The van der Waals surface area contributed by atoms with Gasteiger partial charge in [0, 0.05) is 24.7 Å². The summed E-state index contributed by atoms with van der Waals surface area (Å²) in [5.74, 6) is 4.63. The lowest BCUT2D eigenvalue weighted by Crippen LogP contribution is -2.63. The molecule has 0 radical (unpaired) electrons. The number of aliphatic hydroxyl groups excluding tert-OH is 1. The first-order valence-electron chi connectivity index (χ1n) is 20.9. The number of hydrogen-bond donors (Lipinski definition) is 3. The van der Waals surface area contributed by atoms with E-state index in [0.717, 1.165) is 61.2 Å². The van der Waals surface area contributed by atoms with Crippen LogP contribution >= 0.6 is 0 Å². The number of benzene rings is 2. The molecule has 5 saturated carbocycles. The van der Waals surface area contributed by atoms with Crippen LogP contribution in [-0.2, 0) is 17.8 Å². The van der Waals surface area contributed by atoms with E-state index in [1.54, 1.807) is 20.3 Å². The first kappa shape index (κ1) is 40.3. The molecule has 7 rings (SSSR count). The van der Waals surface area contributed by atoms with Crippen molar-refractivity contribution in [2.75, 3.05) is 20.8 Å². The SMILES string of the molecule is C=CC.COc1cc(CCNC(=O)c2cccc(CNC(=O)C34CCCC3C3CCC5C(C)(CCC6C(C)(C)C(O)CCC65C)C3CC4)c2)cc(OC)c1. The normalized spacial score (nSPS) is 34.7. The highest BCUT2D eigenvalue weighted by molar-refractivity contribution is 5.94. The van der Waals surface area contributed by atoms with E-state index in [0.29, 0.717) is 60.1 Å². The number of hydrogen-bond acceptors (Lipinski definition) is 5. The Morgan fingerprint density at radius 3 is 2.22 bits per heavy atom. The van der Waals surface area contributed by atoms with Crippen molar-refractivity contribution >= 4 is 11.8 Å². The van der Waals surface area contributed by atoms with Gasteiger partial charge in [-0.25, -0.2) is 0 Å². The number of methoxy groups -OCH3 is 2. The first-order chi connectivity index (χ1) is 25.8. The van der Waals surface area contributed by atoms with Gasteiger partial charge in [0.2, 0.25) is 5.91 Å². The number of nitrogens with one attached hydrogen (secondary N) is 2. The average molecular weight is 741 g/mol. The van der Waals surface area contributed by atoms with Crippen molar-refractivity contribution in [1.29, 1.82) is 0 Å². The highest BCUT2D eigenvalue weighted by atomic mass is 16.5. The summed E-state index contributed by atoms with van der Waals surface area (Å²) in [6, 6.07) is 13.4. The number of aliphatic hydroxyl groups is 1. The second-order valence-corrected chi connectivity index (χ2v) is 18.6. The molecule has 7 nitrogen and oxygen atoms in total. The Kier molecular flexibility index (Phi) is 12.0. The van der Waals surface area contributed by atoms with Crippen LogP contribution in [0.25, 0.3) is 0 Å². The molecule has 5 aliphatic rings. The summed E-state index contributed by atoms with van der Waals surface area (Å²) < 4.78 is 10.8. The van der Waals surface area contributed by atoms with Gasteiger partial charge < -0.3 is 25.2 Å². The largest absolute Gasteiger partial charge is 0.497 e. The molecule has 3 N–H and O–H groups in total. The topological polar surface area (TPSA) is 96.9 Å². The third-order valence-electron chi connectivity index (χ3n) is 15.7. The predicted molar refractivity (Wildman–Crippen MR) is 216 cm³/mol. The van der Waals surface area contributed by atoms with E-state index in [9.17, 15) is 14.7 Å². The van der Waals surface area contributed by atoms with Crippen LogP contribution in [0.4, 0.5) is 0 Å². The van der Waals surface area contributed by atoms with E-state index in [1.165, 1.54) is 32.1 Å². The number of amides is 2. The lowest BCUT2D eigenvalue weighted by Gasteiger charge is -2.69. The molecule has 2 aromatic carbocycles. The van der Waals surface area contributed by atoms with E-state index >= 15 is 0 Å². The third kappa shape index (κ3) is 7.23. The standard InChI is InChI=1S/C44H62N2O5.C3H6/c1-41(2)36-15-19-42(3)34-14-21-44(18-8-11-35(44)33(34)12-13-37(42)43(36,4)20-16-38(41)47)40(49)46-27-29-9-7-10-30(23-29)39(48)45-22-17-28-24-31(50-5)26-32(25-28)51-6;1-3-2/h7,9-10,23-26,33-38,47H,8,11-22,27H2,1-6H3,(H,45,48)(H,46,49);3H,1H2,2H3. The molecule has 2 amide bonds. The highest BCUT2D eigenvalue weighted by Crippen LogP contribution is 2.73. The lowest BCUT2D eigenvalue weighted by molar-refractivity contribution is -0.214. The van der Waals surface area contributed by atoms with Crippen molar-refractivity contribution in [1.82, 2.24) is 10.6 Å². The van der Waals surface area contributed by atoms with Crippen molar-refractivity contribution in [3.05, 3.63) is 71.8 Å². The molecule has 0 spiro atoms. The van der Waals surface area contributed by atoms with Crippen LogP contribution in [0.1, 0.15) is 127 Å². The van der Waals surface area contributed by atoms with E-state index < -0.39 is 0 Å². The summed E-state index contributed by atoms with van der Waals surface area (Å²) >= 11 is 0. The van der Waals surface area contributed by atoms with Gasteiger partial charge in [-0.05, 0) is 159 Å². The van der Waals surface area contributed by atoms with E-state index in [4.69, 9.17) is 9.47 Å². The summed E-state index contributed by atoms with van der Waals surface area (Å²) in [7, 11) is 3.26. The van der Waals surface area contributed by atoms with Crippen LogP contribution < -0.4 is 20.1 Å². The van der Waals surface area contributed by atoms with Gasteiger partial charge in [0.1, 0.15) is 11.5 Å². The van der Waals surface area contributed by atoms with Crippen LogP contribution in [0.3, 0.4) is 0 Å². The fourth-order valence-corrected chi connectivity index (χ4v) is 13.2. The molecule has 0 bridgehead atoms. The number of carbonyl (C=O) groups excluding carboxylic acids is 2. The fraction of sp³-hybridized carbons (Fsp3) is 0.660. The van der Waals surface area contributed by atoms with E-state index in [-0.39, 0.29) is 34.2 Å². The van der Waals surface area contributed by atoms with Gasteiger partial charge in [0.15, 0.2) is 0 Å². The van der Waals surface area contributed by atoms with E-state index in [2.05, 4.69) is 44.9 Å². The molecule has 296 valence electrons. The second-order valence-electron chi connectivity index (χ2n) is 18.6. The lowest BCUT2D eigenvalue weighted by atomic mass is 9.36. The fourth-order valence-electron chi connectivity index (χ4n) is 13.2. The number of allylic oxidation sites excluding steroid dienone is 1. The maximum atomic E-state index is 14.3. The Labute approximate surface area is 325 Å². The Morgan fingerprint density at radius 1 is 0.815 bits per heavy atom. The smallest absolute Gasteiger partial charge is 0.251 e. The third-order valence-corrected chi connectivity index (χ3v) is 15.7. The molecule has 5 aliphatic carbocycles. The number of carbonyl (C=O) groups is 2. The predicted octanol–water partition coefficient (Wildman–Crippen LogP) is 9.31. The van der Waals surface area contributed by atoms with Crippen molar-refractivity contribution in [2.24, 2.45) is 51.2 Å². The molecule has 54 heavy (non-hydrogen) atoms. The molecule has 0 aromatic heterocycles. The van der Waals surface area contributed by atoms with Crippen LogP contribution in [0.15, 0.2) is 55.1 Å². The molecule has 7 heteroatoms. The molecule has 9 unspecified atom stereocenters. The minimum Gasteiger partial charge on any atom is -0.497 e. The number of fused-ring (bicyclic) bond motifs is 7. The van der Waals surface area contributed by atoms with Crippen molar-refractivity contribution in [3.63, 3.8) is 0 Å². The highest BCUT2D eigenvalue weighted by Gasteiger charge is 2.67. The molecular weight excluding hydrogens is 673 g/mol. The molecule has 9 atom stereocenters. The monoisotopic (exact) mass is 741 g/mol. The molecule has 0 saturated heterocycles. The van der Waals surface area contributed by atoms with Crippen LogP contribution in [0.2, 0.25) is 0 Å². The van der Waals surface area contributed by atoms with Gasteiger partial charge in [-0.2, -0.15) is 0 Å². The van der Waals surface area contributed by atoms with Crippen molar-refractivity contribution in [3.8, 4) is 11.5 Å². The summed E-state index contributed by atoms with van der Waals surface area (Å²) in [5.41, 5.74) is 2.90. The van der Waals surface area contributed by atoms with Gasteiger partial charge >= 0.3 is 0 Å². The Balaban J connectivity index is 0.00000160. The van der Waals surface area contributed by atoms with Gasteiger partial charge in [0.05, 0.1) is 25.7 Å². The zero-order valence-electron chi connectivity index (χ0n) is 34.3. The zero-order valence-corrected chi connectivity index (χ0v) is 34.3. The first-order valence-corrected chi connectivity index (χ1v) is 20.9. The van der Waals surface area contributed by atoms with Crippen molar-refractivity contribution in [2.45, 2.75) is 124 Å². The van der Waals surface area contributed by atoms with Crippen LogP contribution in [0, 0.1) is 51.2 Å². The summed E-state index contributed by atoms with van der Waals surface area (Å²) in [5, 5.41) is 17.4. The summed E-state index contributed by atoms with van der Waals surface area (Å²) in [6.07, 6.45) is 14.8. The average Bonchev–Trinajstić information content (AvgIpc) is 3.62. The van der Waals surface area contributed by atoms with Crippen molar-refractivity contribution < 1.29 is 24.2 Å². The molecule has 2 aromatic rings. The van der Waals surface area contributed by atoms with Gasteiger partial charge in [0.25, 0.3) is 5.91 Å². The van der Waals surface area contributed by atoms with E-state index in [1.807, 2.05) is 49.4 Å². The summed E-state index contributed by atoms with van der Waals surface area (Å²) in [4.78, 5) is 27.4. The maximum absolute atomic E-state index is 14.3. The van der Waals surface area contributed by atoms with Gasteiger partial charge in [-0.1, -0.05) is 52.3 Å². The van der Waals surface area contributed by atoms with Crippen LogP contribution in [0.5, 0.6) is 11.5 Å². The zero-order chi connectivity index (χ0) is 38.9.